The number of carbonyl (C=O) groups is 1. The van der Waals surface area contributed by atoms with Crippen molar-refractivity contribution in [2.24, 2.45) is 5.92 Å². The normalized spacial score (nSPS) is 16.9. The summed E-state index contributed by atoms with van der Waals surface area (Å²) in [7, 11) is 0. The fourth-order valence-corrected chi connectivity index (χ4v) is 2.22. The van der Waals surface area contributed by atoms with Gasteiger partial charge in [0.15, 0.2) is 0 Å². The van der Waals surface area contributed by atoms with E-state index in [4.69, 9.17) is 0 Å². The first-order valence-electron chi connectivity index (χ1n) is 6.79. The van der Waals surface area contributed by atoms with Gasteiger partial charge in [0.05, 0.1) is 6.54 Å². The lowest BCUT2D eigenvalue weighted by Crippen LogP contribution is -2.42. The molecule has 0 radical (unpaired) electrons. The molecule has 1 aromatic rings. The Morgan fingerprint density at radius 3 is 2.67 bits per heavy atom. The maximum atomic E-state index is 11.7. The van der Waals surface area contributed by atoms with Crippen LogP contribution < -0.4 is 10.6 Å². The van der Waals surface area contributed by atoms with Crippen molar-refractivity contribution >= 4 is 5.91 Å². The van der Waals surface area contributed by atoms with Gasteiger partial charge in [0.2, 0.25) is 5.91 Å². The Labute approximate surface area is 109 Å². The number of nitrogens with one attached hydrogen (secondary N) is 2. The first kappa shape index (κ1) is 13.1. The van der Waals surface area contributed by atoms with E-state index >= 15 is 0 Å². The Balaban J connectivity index is 1.63. The lowest BCUT2D eigenvalue weighted by molar-refractivity contribution is -0.120. The summed E-state index contributed by atoms with van der Waals surface area (Å²) in [5.41, 5.74) is 1.14. The summed E-state index contributed by atoms with van der Waals surface area (Å²) >= 11 is 0. The van der Waals surface area contributed by atoms with Crippen LogP contribution in [0.25, 0.3) is 0 Å². The molecule has 0 heterocycles. The van der Waals surface area contributed by atoms with Gasteiger partial charge in [-0.2, -0.15) is 0 Å². The van der Waals surface area contributed by atoms with Gasteiger partial charge >= 0.3 is 0 Å². The number of carbonyl (C=O) groups excluding carboxylic acids is 1. The second-order valence-electron chi connectivity index (χ2n) is 5.12. The molecule has 0 spiro atoms. The SMILES string of the molecule is CC(NCC(=O)NCc1ccccc1)C1CCC1. The fourth-order valence-electron chi connectivity index (χ4n) is 2.22. The van der Waals surface area contributed by atoms with Crippen LogP contribution in [0.5, 0.6) is 0 Å². The summed E-state index contributed by atoms with van der Waals surface area (Å²) in [6.45, 7) is 3.21. The van der Waals surface area contributed by atoms with Crippen LogP contribution in [0.1, 0.15) is 31.7 Å². The van der Waals surface area contributed by atoms with Crippen LogP contribution >= 0.6 is 0 Å². The smallest absolute Gasteiger partial charge is 0.234 e. The molecule has 18 heavy (non-hydrogen) atoms. The van der Waals surface area contributed by atoms with E-state index in [2.05, 4.69) is 17.6 Å². The second-order valence-corrected chi connectivity index (χ2v) is 5.12. The van der Waals surface area contributed by atoms with Crippen LogP contribution in [-0.2, 0) is 11.3 Å². The zero-order chi connectivity index (χ0) is 12.8. The molecule has 0 saturated heterocycles. The minimum atomic E-state index is 0.0741. The maximum Gasteiger partial charge on any atom is 0.234 e. The highest BCUT2D eigenvalue weighted by molar-refractivity contribution is 5.78. The molecular weight excluding hydrogens is 224 g/mol. The molecule has 0 bridgehead atoms. The van der Waals surface area contributed by atoms with Crippen LogP contribution in [0.3, 0.4) is 0 Å². The van der Waals surface area contributed by atoms with Crippen molar-refractivity contribution in [3.63, 3.8) is 0 Å². The van der Waals surface area contributed by atoms with Gasteiger partial charge in [-0.05, 0) is 31.2 Å². The van der Waals surface area contributed by atoms with Crippen LogP contribution in [0.2, 0.25) is 0 Å². The summed E-state index contributed by atoms with van der Waals surface area (Å²) in [5, 5.41) is 6.24. The van der Waals surface area contributed by atoms with Crippen LogP contribution in [0, 0.1) is 5.92 Å². The van der Waals surface area contributed by atoms with Crippen molar-refractivity contribution in [3.8, 4) is 0 Å². The van der Waals surface area contributed by atoms with Crippen LogP contribution in [0.15, 0.2) is 30.3 Å². The molecule has 1 aromatic carbocycles. The molecule has 2 rings (SSSR count). The predicted octanol–water partition coefficient (Wildman–Crippen LogP) is 2.08. The molecule has 3 nitrogen and oxygen atoms in total. The van der Waals surface area contributed by atoms with Crippen molar-refractivity contribution in [2.75, 3.05) is 6.54 Å². The van der Waals surface area contributed by atoms with Gasteiger partial charge in [0, 0.05) is 12.6 Å². The van der Waals surface area contributed by atoms with Gasteiger partial charge in [-0.15, -0.1) is 0 Å². The summed E-state index contributed by atoms with van der Waals surface area (Å²) in [5.74, 6) is 0.844. The van der Waals surface area contributed by atoms with E-state index in [1.165, 1.54) is 19.3 Å². The van der Waals surface area contributed by atoms with E-state index in [0.717, 1.165) is 11.5 Å². The van der Waals surface area contributed by atoms with E-state index in [0.29, 0.717) is 19.1 Å². The van der Waals surface area contributed by atoms with Gasteiger partial charge in [0.1, 0.15) is 0 Å². The summed E-state index contributed by atoms with van der Waals surface area (Å²) in [4.78, 5) is 11.7. The molecule has 3 heteroatoms. The topological polar surface area (TPSA) is 41.1 Å². The molecule has 1 saturated carbocycles. The molecule has 1 aliphatic carbocycles. The molecule has 1 unspecified atom stereocenters. The number of hydrogen-bond donors (Lipinski definition) is 2. The molecular formula is C15H22N2O. The summed E-state index contributed by atoms with van der Waals surface area (Å²) in [6, 6.07) is 10.4. The third-order valence-electron chi connectivity index (χ3n) is 3.77. The van der Waals surface area contributed by atoms with E-state index in [-0.39, 0.29) is 5.91 Å². The Bertz CT molecular complexity index is 373. The second kappa shape index (κ2) is 6.55. The molecule has 1 fully saturated rings. The van der Waals surface area contributed by atoms with Crippen molar-refractivity contribution in [3.05, 3.63) is 35.9 Å². The van der Waals surface area contributed by atoms with E-state index in [1.54, 1.807) is 0 Å². The molecule has 98 valence electrons. The Morgan fingerprint density at radius 1 is 1.33 bits per heavy atom. The number of rotatable bonds is 6. The summed E-state index contributed by atoms with van der Waals surface area (Å²) < 4.78 is 0. The van der Waals surface area contributed by atoms with Gasteiger partial charge in [-0.1, -0.05) is 36.8 Å². The van der Waals surface area contributed by atoms with Crippen molar-refractivity contribution in [1.29, 1.82) is 0 Å². The molecule has 0 aliphatic heterocycles. The molecule has 1 amide bonds. The predicted molar refractivity (Wildman–Crippen MR) is 73.1 cm³/mol. The molecule has 1 aliphatic rings. The highest BCUT2D eigenvalue weighted by Crippen LogP contribution is 2.29. The largest absolute Gasteiger partial charge is 0.351 e. The van der Waals surface area contributed by atoms with E-state index in [9.17, 15) is 4.79 Å². The first-order valence-corrected chi connectivity index (χ1v) is 6.79. The molecule has 2 N–H and O–H groups in total. The fraction of sp³-hybridized carbons (Fsp3) is 0.533. The van der Waals surface area contributed by atoms with Crippen LogP contribution in [0.4, 0.5) is 0 Å². The minimum absolute atomic E-state index is 0.0741. The van der Waals surface area contributed by atoms with E-state index < -0.39 is 0 Å². The zero-order valence-corrected chi connectivity index (χ0v) is 11.0. The lowest BCUT2D eigenvalue weighted by atomic mass is 9.80. The highest BCUT2D eigenvalue weighted by Gasteiger charge is 2.23. The quantitative estimate of drug-likeness (QED) is 0.807. The lowest BCUT2D eigenvalue weighted by Gasteiger charge is -2.31. The van der Waals surface area contributed by atoms with E-state index in [1.807, 2.05) is 30.3 Å². The first-order chi connectivity index (χ1) is 8.75. The van der Waals surface area contributed by atoms with Crippen molar-refractivity contribution < 1.29 is 4.79 Å². The van der Waals surface area contributed by atoms with Crippen molar-refractivity contribution in [1.82, 2.24) is 10.6 Å². The van der Waals surface area contributed by atoms with Gasteiger partial charge in [-0.3, -0.25) is 4.79 Å². The number of benzene rings is 1. The van der Waals surface area contributed by atoms with Gasteiger partial charge in [-0.25, -0.2) is 0 Å². The third-order valence-corrected chi connectivity index (χ3v) is 3.77. The Hall–Kier alpha value is -1.35. The van der Waals surface area contributed by atoms with Gasteiger partial charge in [0.25, 0.3) is 0 Å². The average Bonchev–Trinajstić information content (AvgIpc) is 2.33. The highest BCUT2D eigenvalue weighted by atomic mass is 16.1. The van der Waals surface area contributed by atoms with Crippen molar-refractivity contribution in [2.45, 2.75) is 38.8 Å². The minimum Gasteiger partial charge on any atom is -0.351 e. The maximum absolute atomic E-state index is 11.7. The standard InChI is InChI=1S/C15H22N2O/c1-12(14-8-5-9-14)16-11-15(18)17-10-13-6-3-2-4-7-13/h2-4,6-7,12,14,16H,5,8-11H2,1H3,(H,17,18). The molecule has 1 atom stereocenters. The monoisotopic (exact) mass is 246 g/mol. The summed E-state index contributed by atoms with van der Waals surface area (Å²) in [6.07, 6.45) is 3.95. The van der Waals surface area contributed by atoms with Gasteiger partial charge < -0.3 is 10.6 Å². The average molecular weight is 246 g/mol. The number of amides is 1. The zero-order valence-electron chi connectivity index (χ0n) is 11.0. The third kappa shape index (κ3) is 3.84. The Morgan fingerprint density at radius 2 is 2.06 bits per heavy atom. The number of hydrogen-bond acceptors (Lipinski definition) is 2. The van der Waals surface area contributed by atoms with Crippen LogP contribution in [-0.4, -0.2) is 18.5 Å². The molecule has 0 aromatic heterocycles. The Kier molecular flexibility index (Phi) is 4.76.